The highest BCUT2D eigenvalue weighted by atomic mass is 32.2. The van der Waals surface area contributed by atoms with Crippen LogP contribution >= 0.6 is 11.3 Å². The molecule has 10 heteroatoms. The van der Waals surface area contributed by atoms with Crippen molar-refractivity contribution in [3.05, 3.63) is 35.0 Å². The number of aromatic nitrogens is 1. The van der Waals surface area contributed by atoms with Crippen LogP contribution in [0, 0.1) is 24.1 Å². The smallest absolute Gasteiger partial charge is 0.240 e. The highest BCUT2D eigenvalue weighted by Crippen LogP contribution is 2.46. The number of nitrogens with one attached hydrogen (secondary N) is 1. The van der Waals surface area contributed by atoms with Gasteiger partial charge in [-0.2, -0.15) is 4.31 Å². The molecule has 37 heavy (non-hydrogen) atoms. The molecule has 1 aromatic heterocycles. The number of halogens is 1. The zero-order chi connectivity index (χ0) is 27.0. The van der Waals surface area contributed by atoms with Gasteiger partial charge in [0.2, 0.25) is 15.9 Å². The fourth-order valence-corrected chi connectivity index (χ4v) is 8.75. The van der Waals surface area contributed by atoms with Gasteiger partial charge in [0.15, 0.2) is 5.13 Å². The second-order valence-corrected chi connectivity index (χ2v) is 14.9. The minimum absolute atomic E-state index is 0.0248. The third-order valence-electron chi connectivity index (χ3n) is 7.75. The predicted molar refractivity (Wildman–Crippen MR) is 148 cm³/mol. The maximum absolute atomic E-state index is 13.3. The fourth-order valence-electron chi connectivity index (χ4n) is 5.56. The quantitative estimate of drug-likeness (QED) is 0.516. The summed E-state index contributed by atoms with van der Waals surface area (Å²) < 4.78 is 41.4. The van der Waals surface area contributed by atoms with E-state index < -0.39 is 10.0 Å². The Morgan fingerprint density at radius 1 is 1.14 bits per heavy atom. The Kier molecular flexibility index (Phi) is 8.14. The normalized spacial score (nSPS) is 20.4. The van der Waals surface area contributed by atoms with Crippen molar-refractivity contribution in [3.63, 3.8) is 0 Å². The summed E-state index contributed by atoms with van der Waals surface area (Å²) in [6.07, 6.45) is 3.63. The number of hydrogen-bond acceptors (Lipinski definition) is 6. The molecule has 4 rings (SSSR count). The van der Waals surface area contributed by atoms with E-state index in [0.29, 0.717) is 11.7 Å². The van der Waals surface area contributed by atoms with Crippen LogP contribution in [0.15, 0.2) is 24.3 Å². The Hall–Kier alpha value is -1.88. The molecule has 0 unspecified atom stereocenters. The molecular formula is C27H39FN4O3S2. The van der Waals surface area contributed by atoms with E-state index in [1.165, 1.54) is 23.5 Å². The molecule has 3 heterocycles. The molecule has 2 aliphatic rings. The van der Waals surface area contributed by atoms with Gasteiger partial charge in [-0.1, -0.05) is 13.8 Å². The summed E-state index contributed by atoms with van der Waals surface area (Å²) in [5, 5.41) is 3.46. The molecule has 1 spiro atoms. The maximum atomic E-state index is 13.3. The number of amides is 1. The van der Waals surface area contributed by atoms with Crippen LogP contribution in [0.3, 0.4) is 0 Å². The number of carbonyl (C=O) groups is 1. The lowest BCUT2D eigenvalue weighted by Gasteiger charge is -2.53. The van der Waals surface area contributed by atoms with Gasteiger partial charge in [-0.05, 0) is 95.1 Å². The maximum Gasteiger partial charge on any atom is 0.240 e. The fraction of sp³-hybridized carbons (Fsp3) is 0.630. The zero-order valence-electron chi connectivity index (χ0n) is 22.5. The summed E-state index contributed by atoms with van der Waals surface area (Å²) in [6, 6.07) is 6.19. The molecule has 2 aromatic rings. The molecule has 2 aliphatic heterocycles. The number of hydrogen-bond donors (Lipinski definition) is 1. The first-order valence-electron chi connectivity index (χ1n) is 13.0. The van der Waals surface area contributed by atoms with Crippen molar-refractivity contribution in [2.45, 2.75) is 65.8 Å². The van der Waals surface area contributed by atoms with E-state index in [0.717, 1.165) is 54.9 Å². The minimum Gasteiger partial charge on any atom is -0.301 e. The van der Waals surface area contributed by atoms with E-state index in [9.17, 15) is 17.6 Å². The number of thiazole rings is 1. The average molecular weight is 551 g/mol. The van der Waals surface area contributed by atoms with Gasteiger partial charge in [-0.15, -0.1) is 11.3 Å². The molecule has 1 N–H and O–H groups in total. The number of aryl methyl sites for hydroxylation is 1. The Morgan fingerprint density at radius 2 is 1.78 bits per heavy atom. The third kappa shape index (κ3) is 6.58. The number of rotatable bonds is 7. The Bertz CT molecular complexity index is 1220. The van der Waals surface area contributed by atoms with E-state index in [-0.39, 0.29) is 40.9 Å². The van der Waals surface area contributed by atoms with Crippen molar-refractivity contribution < 1.29 is 17.6 Å². The van der Waals surface area contributed by atoms with Crippen LogP contribution in [0.25, 0.3) is 11.3 Å². The van der Waals surface area contributed by atoms with E-state index in [1.807, 2.05) is 34.6 Å². The number of likely N-dealkylation sites (tertiary alicyclic amines) is 1. The first kappa shape index (κ1) is 28.1. The lowest BCUT2D eigenvalue weighted by atomic mass is 9.69. The van der Waals surface area contributed by atoms with Gasteiger partial charge in [0, 0.05) is 22.5 Å². The summed E-state index contributed by atoms with van der Waals surface area (Å²) in [5.74, 6) is -0.137. The first-order valence-corrected chi connectivity index (χ1v) is 15.5. The predicted octanol–water partition coefficient (Wildman–Crippen LogP) is 5.14. The van der Waals surface area contributed by atoms with Crippen LogP contribution in [-0.2, 0) is 14.8 Å². The SMILES string of the molecule is Cc1sc(NC(=O)CN2CCC3(CC2)CCC(C)(C)N(S(=O)(=O)CC(C)C)C3)nc1-c1ccc(F)cc1. The van der Waals surface area contributed by atoms with Crippen LogP contribution in [0.2, 0.25) is 0 Å². The molecule has 0 bridgehead atoms. The molecule has 0 aliphatic carbocycles. The highest BCUT2D eigenvalue weighted by molar-refractivity contribution is 7.89. The Balaban J connectivity index is 1.34. The van der Waals surface area contributed by atoms with E-state index in [2.05, 4.69) is 15.2 Å². The first-order chi connectivity index (χ1) is 17.3. The van der Waals surface area contributed by atoms with Crippen LogP contribution < -0.4 is 5.32 Å². The van der Waals surface area contributed by atoms with E-state index in [4.69, 9.17) is 0 Å². The van der Waals surface area contributed by atoms with Gasteiger partial charge >= 0.3 is 0 Å². The average Bonchev–Trinajstić information content (AvgIpc) is 3.16. The second-order valence-electron chi connectivity index (χ2n) is 11.7. The molecule has 7 nitrogen and oxygen atoms in total. The van der Waals surface area contributed by atoms with Crippen molar-refractivity contribution in [1.82, 2.24) is 14.2 Å². The Morgan fingerprint density at radius 3 is 2.41 bits per heavy atom. The molecule has 2 fully saturated rings. The van der Waals surface area contributed by atoms with E-state index in [1.54, 1.807) is 16.4 Å². The number of benzene rings is 1. The Labute approximate surface area is 224 Å². The summed E-state index contributed by atoms with van der Waals surface area (Å²) in [5.41, 5.74) is 1.17. The van der Waals surface area contributed by atoms with Crippen molar-refractivity contribution >= 4 is 32.4 Å². The number of piperidine rings is 2. The molecule has 204 valence electrons. The highest BCUT2D eigenvalue weighted by Gasteiger charge is 2.48. The minimum atomic E-state index is -3.33. The molecule has 1 amide bonds. The zero-order valence-corrected chi connectivity index (χ0v) is 24.1. The van der Waals surface area contributed by atoms with Gasteiger partial charge in [-0.3, -0.25) is 9.69 Å². The van der Waals surface area contributed by atoms with Gasteiger partial charge in [0.25, 0.3) is 0 Å². The topological polar surface area (TPSA) is 82.6 Å². The summed E-state index contributed by atoms with van der Waals surface area (Å²) in [6.45, 7) is 12.3. The molecule has 2 saturated heterocycles. The standard InChI is InChI=1S/C27H39FN4O3S2/c1-19(2)17-37(34,35)32-18-27(11-10-26(32,4)5)12-14-31(15-13-27)16-23(33)29-25-30-24(20(3)36-25)21-6-8-22(28)9-7-21/h6-9,19H,10-18H2,1-5H3,(H,29,30,33). The molecular weight excluding hydrogens is 511 g/mol. The van der Waals surface area contributed by atoms with Crippen molar-refractivity contribution in [1.29, 1.82) is 0 Å². The van der Waals surface area contributed by atoms with Gasteiger partial charge in [0.1, 0.15) is 5.82 Å². The largest absolute Gasteiger partial charge is 0.301 e. The van der Waals surface area contributed by atoms with Crippen LogP contribution in [-0.4, -0.2) is 66.0 Å². The number of nitrogens with zero attached hydrogens (tertiary/aromatic N) is 3. The summed E-state index contributed by atoms with van der Waals surface area (Å²) >= 11 is 1.41. The monoisotopic (exact) mass is 550 g/mol. The van der Waals surface area contributed by atoms with Crippen molar-refractivity contribution in [3.8, 4) is 11.3 Å². The second kappa shape index (κ2) is 10.7. The van der Waals surface area contributed by atoms with Gasteiger partial charge in [0.05, 0.1) is 18.0 Å². The van der Waals surface area contributed by atoms with Crippen LogP contribution in [0.1, 0.15) is 58.3 Å². The van der Waals surface area contributed by atoms with Crippen LogP contribution in [0.4, 0.5) is 9.52 Å². The lowest BCUT2D eigenvalue weighted by Crippen LogP contribution is -2.59. The molecule has 1 aromatic carbocycles. The van der Waals surface area contributed by atoms with Crippen molar-refractivity contribution in [2.24, 2.45) is 11.3 Å². The van der Waals surface area contributed by atoms with Gasteiger partial charge < -0.3 is 5.32 Å². The van der Waals surface area contributed by atoms with Gasteiger partial charge in [-0.25, -0.2) is 17.8 Å². The molecule has 0 atom stereocenters. The van der Waals surface area contributed by atoms with Crippen LogP contribution in [0.5, 0.6) is 0 Å². The summed E-state index contributed by atoms with van der Waals surface area (Å²) in [7, 11) is -3.33. The van der Waals surface area contributed by atoms with E-state index >= 15 is 0 Å². The van der Waals surface area contributed by atoms with Crippen molar-refractivity contribution in [2.75, 3.05) is 37.2 Å². The number of anilines is 1. The number of sulfonamides is 1. The third-order valence-corrected chi connectivity index (χ3v) is 11.0. The molecule has 0 saturated carbocycles. The summed E-state index contributed by atoms with van der Waals surface area (Å²) in [4.78, 5) is 20.5. The molecule has 0 radical (unpaired) electrons. The lowest BCUT2D eigenvalue weighted by molar-refractivity contribution is -0.118. The number of carbonyl (C=O) groups excluding carboxylic acids is 1.